The molecule has 39 heavy (non-hydrogen) atoms. The van der Waals surface area contributed by atoms with Gasteiger partial charge in [-0.2, -0.15) is 13.2 Å². The zero-order chi connectivity index (χ0) is 27.9. The van der Waals surface area contributed by atoms with Crippen LogP contribution in [0.4, 0.5) is 23.5 Å². The van der Waals surface area contributed by atoms with Gasteiger partial charge in [0.05, 0.1) is 53.8 Å². The highest BCUT2D eigenvalue weighted by Gasteiger charge is 2.38. The van der Waals surface area contributed by atoms with Crippen LogP contribution in [-0.4, -0.2) is 37.9 Å². The number of methoxy groups -OCH3 is 1. The van der Waals surface area contributed by atoms with E-state index >= 15 is 0 Å². The van der Waals surface area contributed by atoms with Crippen LogP contribution in [-0.2, 0) is 19.1 Å². The third-order valence-corrected chi connectivity index (χ3v) is 6.50. The number of fused-ring (bicyclic) bond motifs is 1. The number of carbonyl (C=O) groups is 1. The number of halogens is 4. The summed E-state index contributed by atoms with van der Waals surface area (Å²) in [5.41, 5.74) is 7.42. The monoisotopic (exact) mass is 538 g/mol. The number of hydrogen-bond donors (Lipinski definition) is 1. The lowest BCUT2D eigenvalue weighted by Gasteiger charge is -2.38. The SMILES string of the molecule is COc1cncc(-c2cc(F)ccc2C2Cc3nc(N)nc(C)c3C(=O)N2Cc2cccc(C(F)(F)F)c2)n1. The van der Waals surface area contributed by atoms with Crippen LogP contribution in [0.5, 0.6) is 5.88 Å². The molecule has 0 saturated heterocycles. The van der Waals surface area contributed by atoms with Crippen molar-refractivity contribution < 1.29 is 27.1 Å². The van der Waals surface area contributed by atoms with Crippen LogP contribution < -0.4 is 10.5 Å². The minimum atomic E-state index is -4.55. The third-order valence-electron chi connectivity index (χ3n) is 6.50. The van der Waals surface area contributed by atoms with E-state index in [-0.39, 0.29) is 35.9 Å². The molecule has 0 saturated carbocycles. The molecule has 1 unspecified atom stereocenters. The number of hydrogen-bond acceptors (Lipinski definition) is 7. The molecular weight excluding hydrogens is 516 g/mol. The molecular formula is C27H22F4N6O2. The first kappa shape index (κ1) is 26.0. The van der Waals surface area contributed by atoms with E-state index in [1.165, 1.54) is 54.7 Å². The quantitative estimate of drug-likeness (QED) is 0.359. The van der Waals surface area contributed by atoms with Crippen molar-refractivity contribution >= 4 is 11.9 Å². The van der Waals surface area contributed by atoms with Crippen molar-refractivity contribution in [1.82, 2.24) is 24.8 Å². The number of aromatic nitrogens is 4. The van der Waals surface area contributed by atoms with E-state index in [9.17, 15) is 22.4 Å². The zero-order valence-corrected chi connectivity index (χ0v) is 20.8. The predicted molar refractivity (Wildman–Crippen MR) is 133 cm³/mol. The molecule has 0 aliphatic carbocycles. The van der Waals surface area contributed by atoms with Crippen molar-refractivity contribution in [2.45, 2.75) is 32.1 Å². The van der Waals surface area contributed by atoms with Gasteiger partial charge < -0.3 is 15.4 Å². The van der Waals surface area contributed by atoms with Gasteiger partial charge in [-0.25, -0.2) is 19.3 Å². The van der Waals surface area contributed by atoms with Crippen molar-refractivity contribution in [2.24, 2.45) is 0 Å². The van der Waals surface area contributed by atoms with Gasteiger partial charge in [0.2, 0.25) is 11.8 Å². The summed E-state index contributed by atoms with van der Waals surface area (Å²) in [6, 6.07) is 8.05. The number of aryl methyl sites for hydroxylation is 1. The number of amides is 1. The summed E-state index contributed by atoms with van der Waals surface area (Å²) < 4.78 is 59.9. The summed E-state index contributed by atoms with van der Waals surface area (Å²) in [6.07, 6.45) is -1.57. The van der Waals surface area contributed by atoms with E-state index in [0.29, 0.717) is 28.2 Å². The average molecular weight is 539 g/mol. The number of anilines is 1. The van der Waals surface area contributed by atoms with Crippen molar-refractivity contribution in [1.29, 1.82) is 0 Å². The Morgan fingerprint density at radius 2 is 1.90 bits per heavy atom. The maximum absolute atomic E-state index is 14.5. The molecule has 0 radical (unpaired) electrons. The van der Waals surface area contributed by atoms with E-state index in [0.717, 1.165) is 12.1 Å². The molecule has 8 nitrogen and oxygen atoms in total. The van der Waals surface area contributed by atoms with Gasteiger partial charge >= 0.3 is 6.18 Å². The lowest BCUT2D eigenvalue weighted by Crippen LogP contribution is -2.41. The number of nitrogen functional groups attached to an aromatic ring is 1. The highest BCUT2D eigenvalue weighted by atomic mass is 19.4. The molecule has 0 spiro atoms. The molecule has 1 aliphatic heterocycles. The first-order chi connectivity index (χ1) is 18.5. The lowest BCUT2D eigenvalue weighted by molar-refractivity contribution is -0.137. The largest absolute Gasteiger partial charge is 0.480 e. The fraction of sp³-hybridized carbons (Fsp3) is 0.222. The number of alkyl halides is 3. The van der Waals surface area contributed by atoms with Crippen LogP contribution in [0.2, 0.25) is 0 Å². The molecule has 2 aromatic carbocycles. The Hall–Kier alpha value is -4.61. The summed E-state index contributed by atoms with van der Waals surface area (Å²) in [5.74, 6) is -0.845. The molecule has 1 amide bonds. The van der Waals surface area contributed by atoms with Crippen molar-refractivity contribution in [2.75, 3.05) is 12.8 Å². The Morgan fingerprint density at radius 3 is 2.64 bits per heavy atom. The smallest absolute Gasteiger partial charge is 0.416 e. The molecule has 4 aromatic rings. The van der Waals surface area contributed by atoms with Crippen LogP contribution in [0.3, 0.4) is 0 Å². The normalized spacial score (nSPS) is 15.3. The fourth-order valence-electron chi connectivity index (χ4n) is 4.78. The average Bonchev–Trinajstić information content (AvgIpc) is 2.89. The van der Waals surface area contributed by atoms with E-state index in [1.807, 2.05) is 0 Å². The molecule has 1 atom stereocenters. The Kier molecular flexibility index (Phi) is 6.62. The van der Waals surface area contributed by atoms with E-state index < -0.39 is 29.5 Å². The van der Waals surface area contributed by atoms with Crippen LogP contribution >= 0.6 is 0 Å². The van der Waals surface area contributed by atoms with Crippen LogP contribution in [0.15, 0.2) is 54.9 Å². The Labute approximate surface area is 220 Å². The number of nitrogens with zero attached hydrogens (tertiary/aromatic N) is 5. The van der Waals surface area contributed by atoms with Gasteiger partial charge in [0.25, 0.3) is 5.91 Å². The molecule has 3 heterocycles. The molecule has 0 bridgehead atoms. The molecule has 200 valence electrons. The van der Waals surface area contributed by atoms with Gasteiger partial charge in [-0.15, -0.1) is 0 Å². The predicted octanol–water partition coefficient (Wildman–Crippen LogP) is 4.93. The lowest BCUT2D eigenvalue weighted by atomic mass is 9.88. The van der Waals surface area contributed by atoms with Crippen LogP contribution in [0.25, 0.3) is 11.3 Å². The zero-order valence-electron chi connectivity index (χ0n) is 20.8. The number of benzene rings is 2. The second-order valence-electron chi connectivity index (χ2n) is 9.02. The Balaban J connectivity index is 1.67. The number of carbonyl (C=O) groups excluding carboxylic acids is 1. The van der Waals surface area contributed by atoms with Crippen LogP contribution in [0, 0.1) is 12.7 Å². The molecule has 2 aromatic heterocycles. The minimum Gasteiger partial charge on any atom is -0.480 e. The Bertz CT molecular complexity index is 1580. The summed E-state index contributed by atoms with van der Waals surface area (Å²) in [7, 11) is 1.42. The Morgan fingerprint density at radius 1 is 1.10 bits per heavy atom. The van der Waals surface area contributed by atoms with E-state index in [4.69, 9.17) is 10.5 Å². The molecule has 0 fully saturated rings. The fourth-order valence-corrected chi connectivity index (χ4v) is 4.78. The summed E-state index contributed by atoms with van der Waals surface area (Å²) >= 11 is 0. The third kappa shape index (κ3) is 5.09. The number of nitrogens with two attached hydrogens (primary N) is 1. The maximum Gasteiger partial charge on any atom is 0.416 e. The molecule has 12 heteroatoms. The van der Waals surface area contributed by atoms with Crippen molar-refractivity contribution in [3.63, 3.8) is 0 Å². The van der Waals surface area contributed by atoms with Gasteiger partial charge in [-0.05, 0) is 42.3 Å². The van der Waals surface area contributed by atoms with Gasteiger partial charge in [-0.3, -0.25) is 9.78 Å². The minimum absolute atomic E-state index is 0.0119. The van der Waals surface area contributed by atoms with Gasteiger partial charge in [0, 0.05) is 18.5 Å². The summed E-state index contributed by atoms with van der Waals surface area (Å²) in [5, 5.41) is 0. The van der Waals surface area contributed by atoms with Crippen LogP contribution in [0.1, 0.15) is 44.5 Å². The van der Waals surface area contributed by atoms with Gasteiger partial charge in [0.1, 0.15) is 5.82 Å². The first-order valence-corrected chi connectivity index (χ1v) is 11.8. The van der Waals surface area contributed by atoms with Crippen molar-refractivity contribution in [3.8, 4) is 17.1 Å². The van der Waals surface area contributed by atoms with E-state index in [1.54, 1.807) is 6.92 Å². The second-order valence-corrected chi connectivity index (χ2v) is 9.02. The standard InChI is InChI=1S/C27H22F4N6O2/c1-14-24-20(36-26(32)34-14)10-22(37(25(24)38)13-15-4-3-5-16(8-15)27(29,30)31)18-7-6-17(28)9-19(18)21-11-33-12-23(35-21)39-2/h3-9,11-12,22H,10,13H2,1-2H3,(H2,32,34,36). The first-order valence-electron chi connectivity index (χ1n) is 11.8. The van der Waals surface area contributed by atoms with Gasteiger partial charge in [-0.1, -0.05) is 18.2 Å². The van der Waals surface area contributed by atoms with Crippen molar-refractivity contribution in [3.05, 3.63) is 94.3 Å². The molecule has 2 N–H and O–H groups in total. The summed E-state index contributed by atoms with van der Waals surface area (Å²) in [4.78, 5) is 32.2. The van der Waals surface area contributed by atoms with Gasteiger partial charge in [0.15, 0.2) is 0 Å². The maximum atomic E-state index is 14.5. The number of ether oxygens (including phenoxy) is 1. The number of rotatable bonds is 5. The molecule has 1 aliphatic rings. The summed E-state index contributed by atoms with van der Waals surface area (Å²) in [6.45, 7) is 1.46. The second kappa shape index (κ2) is 9.93. The highest BCUT2D eigenvalue weighted by molar-refractivity contribution is 5.98. The molecule has 5 rings (SSSR count). The highest BCUT2D eigenvalue weighted by Crippen LogP contribution is 2.40. The topological polar surface area (TPSA) is 107 Å². The van der Waals surface area contributed by atoms with E-state index in [2.05, 4.69) is 19.9 Å².